The van der Waals surface area contributed by atoms with E-state index in [9.17, 15) is 0 Å². The number of rotatable bonds is 3. The van der Waals surface area contributed by atoms with Gasteiger partial charge in [-0.3, -0.25) is 4.99 Å². The summed E-state index contributed by atoms with van der Waals surface area (Å²) < 4.78 is 10.9. The molecule has 0 spiro atoms. The minimum atomic E-state index is 0.0739. The first-order valence-electron chi connectivity index (χ1n) is 8.38. The van der Waals surface area contributed by atoms with Crippen LogP contribution in [-0.2, 0) is 9.47 Å². The third-order valence-electron chi connectivity index (χ3n) is 5.01. The topological polar surface area (TPSA) is 34.1 Å². The van der Waals surface area contributed by atoms with Gasteiger partial charge in [0.2, 0.25) is 0 Å². The number of hydrogen-bond acceptors (Lipinski definition) is 4. The minimum Gasteiger partial charge on any atom is -0.493 e. The van der Waals surface area contributed by atoms with Gasteiger partial charge >= 0.3 is 0 Å². The highest BCUT2D eigenvalue weighted by molar-refractivity contribution is 5.75. The van der Waals surface area contributed by atoms with E-state index in [-0.39, 0.29) is 12.1 Å². The Hall–Kier alpha value is -2.49. The summed E-state index contributed by atoms with van der Waals surface area (Å²) in [5.74, 6) is 1.74. The number of dihydropyridines is 1. The summed E-state index contributed by atoms with van der Waals surface area (Å²) in [5.41, 5.74) is 4.09. The molecule has 4 aliphatic rings. The maximum absolute atomic E-state index is 5.50. The summed E-state index contributed by atoms with van der Waals surface area (Å²) in [6.07, 6.45) is 19.2. The van der Waals surface area contributed by atoms with Gasteiger partial charge in [-0.1, -0.05) is 18.2 Å². The van der Waals surface area contributed by atoms with Gasteiger partial charge in [-0.15, -0.1) is 0 Å². The molecule has 4 rings (SSSR count). The van der Waals surface area contributed by atoms with E-state index >= 15 is 0 Å². The van der Waals surface area contributed by atoms with Crippen LogP contribution in [-0.4, -0.2) is 38.0 Å². The van der Waals surface area contributed by atoms with Crippen molar-refractivity contribution >= 4 is 6.21 Å². The molecule has 0 saturated carbocycles. The lowest BCUT2D eigenvalue weighted by Crippen LogP contribution is -2.40. The molecule has 0 amide bonds. The second-order valence-electron chi connectivity index (χ2n) is 6.32. The lowest BCUT2D eigenvalue weighted by atomic mass is 9.86. The fourth-order valence-electron chi connectivity index (χ4n) is 3.73. The van der Waals surface area contributed by atoms with Crippen LogP contribution < -0.4 is 0 Å². The van der Waals surface area contributed by atoms with Gasteiger partial charge in [-0.05, 0) is 47.8 Å². The summed E-state index contributed by atoms with van der Waals surface area (Å²) in [4.78, 5) is 7.14. The average molecular weight is 322 g/mol. The second-order valence-corrected chi connectivity index (χ2v) is 6.32. The van der Waals surface area contributed by atoms with Crippen LogP contribution in [0, 0.1) is 5.92 Å². The van der Waals surface area contributed by atoms with Crippen molar-refractivity contribution in [1.29, 1.82) is 0 Å². The van der Waals surface area contributed by atoms with Crippen molar-refractivity contribution in [3.8, 4) is 0 Å². The molecule has 0 aromatic rings. The zero-order chi connectivity index (χ0) is 16.5. The molecule has 0 aromatic carbocycles. The molecular formula is C20H22N2O2. The highest BCUT2D eigenvalue weighted by Gasteiger charge is 2.33. The molecular weight excluding hydrogens is 300 g/mol. The van der Waals surface area contributed by atoms with Crippen molar-refractivity contribution in [1.82, 2.24) is 4.90 Å². The number of methoxy groups -OCH3 is 2. The quantitative estimate of drug-likeness (QED) is 0.797. The van der Waals surface area contributed by atoms with E-state index < -0.39 is 0 Å². The standard InChI is InChI=1S/C20H22N2O2/c1-23-18-11-15-7-9-21-20(17(15)12-19(18)24-2)22-10-8-14-5-3-4-6-16(14)13-22/h3-5,7,9,11-13,17,20H,6,8,10H2,1-2H3. The van der Waals surface area contributed by atoms with Gasteiger partial charge < -0.3 is 14.4 Å². The van der Waals surface area contributed by atoms with E-state index in [1.54, 1.807) is 14.2 Å². The van der Waals surface area contributed by atoms with Crippen molar-refractivity contribution in [2.75, 3.05) is 20.8 Å². The van der Waals surface area contributed by atoms with E-state index in [1.165, 1.54) is 16.7 Å². The van der Waals surface area contributed by atoms with Gasteiger partial charge in [0, 0.05) is 24.9 Å². The number of ether oxygens (including phenoxy) is 2. The molecule has 0 bridgehead atoms. The number of nitrogens with zero attached hydrogens (tertiary/aromatic N) is 2. The third kappa shape index (κ3) is 2.52. The van der Waals surface area contributed by atoms with E-state index in [0.29, 0.717) is 0 Å². The van der Waals surface area contributed by atoms with Crippen LogP contribution in [0.4, 0.5) is 0 Å². The van der Waals surface area contributed by atoms with Gasteiger partial charge in [0.15, 0.2) is 11.5 Å². The zero-order valence-electron chi connectivity index (χ0n) is 14.1. The van der Waals surface area contributed by atoms with Crippen molar-refractivity contribution in [2.45, 2.75) is 19.0 Å². The van der Waals surface area contributed by atoms with E-state index in [4.69, 9.17) is 14.5 Å². The lowest BCUT2D eigenvalue weighted by Gasteiger charge is -2.39. The smallest absolute Gasteiger partial charge is 0.160 e. The molecule has 0 aromatic heterocycles. The Balaban J connectivity index is 1.64. The normalized spacial score (nSPS) is 27.9. The Morgan fingerprint density at radius 2 is 2.00 bits per heavy atom. The molecule has 0 saturated heterocycles. The van der Waals surface area contributed by atoms with Crippen LogP contribution in [0.2, 0.25) is 0 Å². The van der Waals surface area contributed by atoms with Crippen molar-refractivity contribution in [3.63, 3.8) is 0 Å². The number of allylic oxidation sites excluding steroid dienone is 6. The first-order valence-corrected chi connectivity index (χ1v) is 8.38. The van der Waals surface area contributed by atoms with E-state index in [2.05, 4.69) is 47.6 Å². The number of fused-ring (bicyclic) bond motifs is 2. The Morgan fingerprint density at radius 3 is 2.83 bits per heavy atom. The molecule has 4 nitrogen and oxygen atoms in total. The molecule has 2 aliphatic heterocycles. The van der Waals surface area contributed by atoms with Gasteiger partial charge in [0.25, 0.3) is 0 Å². The minimum absolute atomic E-state index is 0.0739. The Bertz CT molecular complexity index is 750. The summed E-state index contributed by atoms with van der Waals surface area (Å²) in [7, 11) is 3.36. The van der Waals surface area contributed by atoms with Crippen LogP contribution in [0.3, 0.4) is 0 Å². The summed E-state index contributed by atoms with van der Waals surface area (Å²) in [5, 5.41) is 0. The summed E-state index contributed by atoms with van der Waals surface area (Å²) >= 11 is 0. The molecule has 24 heavy (non-hydrogen) atoms. The van der Waals surface area contributed by atoms with Crippen LogP contribution in [0.5, 0.6) is 0 Å². The monoisotopic (exact) mass is 322 g/mol. The van der Waals surface area contributed by atoms with Crippen molar-refractivity contribution in [2.24, 2.45) is 10.9 Å². The van der Waals surface area contributed by atoms with Crippen LogP contribution in [0.25, 0.3) is 0 Å². The maximum atomic E-state index is 5.50. The van der Waals surface area contributed by atoms with E-state index in [0.717, 1.165) is 30.9 Å². The molecule has 4 heteroatoms. The van der Waals surface area contributed by atoms with E-state index in [1.807, 2.05) is 6.21 Å². The molecule has 0 N–H and O–H groups in total. The predicted molar refractivity (Wildman–Crippen MR) is 95.3 cm³/mol. The molecule has 2 unspecified atom stereocenters. The van der Waals surface area contributed by atoms with Gasteiger partial charge in [-0.25, -0.2) is 0 Å². The van der Waals surface area contributed by atoms with Gasteiger partial charge in [0.1, 0.15) is 6.17 Å². The van der Waals surface area contributed by atoms with Crippen molar-refractivity contribution in [3.05, 3.63) is 70.9 Å². The SMILES string of the molecule is COC1=CC2=CC=NC(N3C=C4CC=CC=C4CC3)C2C=C1OC. The molecule has 2 aliphatic carbocycles. The zero-order valence-corrected chi connectivity index (χ0v) is 14.1. The lowest BCUT2D eigenvalue weighted by molar-refractivity contribution is 0.202. The van der Waals surface area contributed by atoms with Gasteiger partial charge in [0.05, 0.1) is 14.2 Å². The first kappa shape index (κ1) is 15.1. The maximum Gasteiger partial charge on any atom is 0.160 e. The predicted octanol–water partition coefficient (Wildman–Crippen LogP) is 3.49. The largest absolute Gasteiger partial charge is 0.493 e. The van der Waals surface area contributed by atoms with Crippen LogP contribution >= 0.6 is 0 Å². The Morgan fingerprint density at radius 1 is 1.12 bits per heavy atom. The second kappa shape index (κ2) is 6.19. The fourth-order valence-corrected chi connectivity index (χ4v) is 3.73. The number of hydrogen-bond donors (Lipinski definition) is 0. The molecule has 0 fully saturated rings. The Kier molecular flexibility index (Phi) is 3.89. The number of aliphatic imine (C=N–C) groups is 1. The van der Waals surface area contributed by atoms with Crippen LogP contribution in [0.15, 0.2) is 75.9 Å². The Labute approximate surface area is 142 Å². The highest BCUT2D eigenvalue weighted by Crippen LogP contribution is 2.37. The summed E-state index contributed by atoms with van der Waals surface area (Å²) in [6.45, 7) is 0.992. The molecule has 2 atom stereocenters. The first-order chi connectivity index (χ1) is 11.8. The van der Waals surface area contributed by atoms with Crippen molar-refractivity contribution < 1.29 is 9.47 Å². The van der Waals surface area contributed by atoms with Gasteiger partial charge in [-0.2, -0.15) is 0 Å². The summed E-state index contributed by atoms with van der Waals surface area (Å²) in [6, 6.07) is 0. The third-order valence-corrected chi connectivity index (χ3v) is 5.01. The highest BCUT2D eigenvalue weighted by atomic mass is 16.5. The fraction of sp³-hybridized carbons (Fsp3) is 0.350. The molecule has 124 valence electrons. The molecule has 0 radical (unpaired) electrons. The average Bonchev–Trinajstić information content (AvgIpc) is 2.65. The molecule has 2 heterocycles. The van der Waals surface area contributed by atoms with Crippen LogP contribution in [0.1, 0.15) is 12.8 Å².